The molecule has 3 rings (SSSR count). The number of thiocarbonyl (C=S) groups is 1. The van der Waals surface area contributed by atoms with Crippen molar-refractivity contribution in [1.29, 1.82) is 0 Å². The Kier molecular flexibility index (Phi) is 4.02. The molecule has 5 heteroatoms. The van der Waals surface area contributed by atoms with Gasteiger partial charge in [-0.3, -0.25) is 4.90 Å². The average Bonchev–Trinajstić information content (AvgIpc) is 2.84. The fourth-order valence-corrected chi connectivity index (χ4v) is 4.43. The third-order valence-electron chi connectivity index (χ3n) is 4.48. The Morgan fingerprint density at radius 3 is 2.95 bits per heavy atom. The van der Waals surface area contributed by atoms with Gasteiger partial charge in [0.05, 0.1) is 0 Å². The maximum absolute atomic E-state index is 5.94. The zero-order valence-electron chi connectivity index (χ0n) is 11.7. The van der Waals surface area contributed by atoms with Gasteiger partial charge in [-0.05, 0) is 54.4 Å². The van der Waals surface area contributed by atoms with Crippen molar-refractivity contribution in [1.82, 2.24) is 4.90 Å². The summed E-state index contributed by atoms with van der Waals surface area (Å²) in [6, 6.07) is 7.39. The first-order chi connectivity index (χ1) is 9.58. The number of fused-ring (bicyclic) bond motifs is 1. The topological polar surface area (TPSA) is 32.5 Å². The molecular weight excluding hydrogens is 334 g/mol. The molecule has 2 N–H and O–H groups in total. The Hall–Kier alpha value is -0.650. The standard InChI is InChI=1S/C15H20BrN3S/c1-10-8-18-7-3-4-11(18)9-19(10)13-6-2-5-12(16)14(13)15(17)20/h2,5-6,10-11H,3-4,7-9H2,1H3,(H2,17,20). The van der Waals surface area contributed by atoms with Crippen molar-refractivity contribution in [3.63, 3.8) is 0 Å². The second kappa shape index (κ2) is 5.62. The molecule has 2 atom stereocenters. The molecule has 108 valence electrons. The summed E-state index contributed by atoms with van der Waals surface area (Å²) < 4.78 is 0.989. The highest BCUT2D eigenvalue weighted by Gasteiger charge is 2.35. The molecule has 3 nitrogen and oxygen atoms in total. The van der Waals surface area contributed by atoms with Crippen LogP contribution in [0.3, 0.4) is 0 Å². The van der Waals surface area contributed by atoms with Gasteiger partial charge < -0.3 is 10.6 Å². The van der Waals surface area contributed by atoms with E-state index in [2.05, 4.69) is 44.8 Å². The predicted molar refractivity (Wildman–Crippen MR) is 91.4 cm³/mol. The molecule has 2 aliphatic rings. The fraction of sp³-hybridized carbons (Fsp3) is 0.533. The number of rotatable bonds is 2. The van der Waals surface area contributed by atoms with Crippen molar-refractivity contribution in [3.05, 3.63) is 28.2 Å². The summed E-state index contributed by atoms with van der Waals surface area (Å²) in [6.07, 6.45) is 2.63. The Morgan fingerprint density at radius 2 is 2.20 bits per heavy atom. The van der Waals surface area contributed by atoms with Crippen LogP contribution >= 0.6 is 28.1 Å². The van der Waals surface area contributed by atoms with Crippen LogP contribution in [0.2, 0.25) is 0 Å². The maximum atomic E-state index is 5.94. The monoisotopic (exact) mass is 353 g/mol. The first-order valence-corrected chi connectivity index (χ1v) is 8.37. The van der Waals surface area contributed by atoms with E-state index in [1.165, 1.54) is 25.1 Å². The van der Waals surface area contributed by atoms with Crippen molar-refractivity contribution in [2.75, 3.05) is 24.5 Å². The van der Waals surface area contributed by atoms with Gasteiger partial charge >= 0.3 is 0 Å². The lowest BCUT2D eigenvalue weighted by molar-refractivity contribution is 0.203. The minimum atomic E-state index is 0.466. The van der Waals surface area contributed by atoms with Crippen LogP contribution in [-0.2, 0) is 0 Å². The van der Waals surface area contributed by atoms with E-state index in [1.807, 2.05) is 6.07 Å². The van der Waals surface area contributed by atoms with E-state index in [9.17, 15) is 0 Å². The highest BCUT2D eigenvalue weighted by atomic mass is 79.9. The number of nitrogens with zero attached hydrogens (tertiary/aromatic N) is 2. The Bertz CT molecular complexity index is 534. The summed E-state index contributed by atoms with van der Waals surface area (Å²) in [4.78, 5) is 5.57. The molecular formula is C15H20BrN3S. The summed E-state index contributed by atoms with van der Waals surface area (Å²) in [5, 5.41) is 0. The predicted octanol–water partition coefficient (Wildman–Crippen LogP) is 2.76. The summed E-state index contributed by atoms with van der Waals surface area (Å²) in [5.74, 6) is 0. The van der Waals surface area contributed by atoms with E-state index in [0.29, 0.717) is 17.1 Å². The molecule has 2 heterocycles. The molecule has 2 aliphatic heterocycles. The largest absolute Gasteiger partial charge is 0.389 e. The van der Waals surface area contributed by atoms with Gasteiger partial charge in [0, 0.05) is 40.9 Å². The molecule has 2 unspecified atom stereocenters. The van der Waals surface area contributed by atoms with E-state index in [-0.39, 0.29) is 0 Å². The van der Waals surface area contributed by atoms with Crippen LogP contribution in [0.5, 0.6) is 0 Å². The van der Waals surface area contributed by atoms with E-state index >= 15 is 0 Å². The molecule has 0 amide bonds. The van der Waals surface area contributed by atoms with E-state index < -0.39 is 0 Å². The average molecular weight is 354 g/mol. The summed E-state index contributed by atoms with van der Waals surface area (Å²) in [7, 11) is 0. The van der Waals surface area contributed by atoms with E-state index in [0.717, 1.165) is 23.1 Å². The Balaban J connectivity index is 1.96. The van der Waals surface area contributed by atoms with Crippen molar-refractivity contribution in [3.8, 4) is 0 Å². The van der Waals surface area contributed by atoms with Crippen LogP contribution in [0.1, 0.15) is 25.3 Å². The number of hydrogen-bond donors (Lipinski definition) is 1. The highest BCUT2D eigenvalue weighted by molar-refractivity contribution is 9.10. The second-order valence-electron chi connectivity index (χ2n) is 5.79. The normalized spacial score (nSPS) is 26.6. The van der Waals surface area contributed by atoms with Gasteiger partial charge in [-0.25, -0.2) is 0 Å². The minimum Gasteiger partial charge on any atom is -0.389 e. The fourth-order valence-electron chi connectivity index (χ4n) is 3.52. The van der Waals surface area contributed by atoms with Gasteiger partial charge in [-0.15, -0.1) is 0 Å². The summed E-state index contributed by atoms with van der Waals surface area (Å²) >= 11 is 8.84. The number of nitrogens with two attached hydrogens (primary N) is 1. The summed E-state index contributed by atoms with van der Waals surface area (Å²) in [6.45, 7) is 5.75. The molecule has 0 bridgehead atoms. The first kappa shape index (κ1) is 14.3. The van der Waals surface area contributed by atoms with E-state index in [4.69, 9.17) is 18.0 Å². The zero-order valence-corrected chi connectivity index (χ0v) is 14.1. The molecule has 1 aromatic carbocycles. The quantitative estimate of drug-likeness (QED) is 0.828. The van der Waals surface area contributed by atoms with Gasteiger partial charge in [-0.1, -0.05) is 18.3 Å². The molecule has 0 aromatic heterocycles. The van der Waals surface area contributed by atoms with E-state index in [1.54, 1.807) is 0 Å². The smallest absolute Gasteiger partial charge is 0.107 e. The highest BCUT2D eigenvalue weighted by Crippen LogP contribution is 2.33. The summed E-state index contributed by atoms with van der Waals surface area (Å²) in [5.41, 5.74) is 8.08. The third kappa shape index (κ3) is 2.47. The zero-order chi connectivity index (χ0) is 14.3. The lowest BCUT2D eigenvalue weighted by Gasteiger charge is -2.44. The lowest BCUT2D eigenvalue weighted by Crippen LogP contribution is -2.55. The van der Waals surface area contributed by atoms with Gasteiger partial charge in [0.25, 0.3) is 0 Å². The molecule has 0 radical (unpaired) electrons. The number of hydrogen-bond acceptors (Lipinski definition) is 3. The van der Waals surface area contributed by atoms with Gasteiger partial charge in [-0.2, -0.15) is 0 Å². The maximum Gasteiger partial charge on any atom is 0.107 e. The molecule has 1 aromatic rings. The molecule has 0 aliphatic carbocycles. The first-order valence-electron chi connectivity index (χ1n) is 7.17. The lowest BCUT2D eigenvalue weighted by atomic mass is 10.0. The third-order valence-corrected chi connectivity index (χ3v) is 5.35. The molecule has 0 spiro atoms. The Morgan fingerprint density at radius 1 is 1.40 bits per heavy atom. The van der Waals surface area contributed by atoms with Gasteiger partial charge in [0.15, 0.2) is 0 Å². The second-order valence-corrected chi connectivity index (χ2v) is 7.08. The molecule has 2 saturated heterocycles. The van der Waals surface area contributed by atoms with Gasteiger partial charge in [0.2, 0.25) is 0 Å². The van der Waals surface area contributed by atoms with Crippen LogP contribution in [0, 0.1) is 0 Å². The Labute approximate surface area is 134 Å². The molecule has 2 fully saturated rings. The number of piperazine rings is 1. The van der Waals surface area contributed by atoms with Crippen LogP contribution in [-0.4, -0.2) is 41.6 Å². The van der Waals surface area contributed by atoms with Crippen LogP contribution in [0.4, 0.5) is 5.69 Å². The van der Waals surface area contributed by atoms with Crippen molar-refractivity contribution in [2.45, 2.75) is 31.8 Å². The van der Waals surface area contributed by atoms with Crippen LogP contribution < -0.4 is 10.6 Å². The van der Waals surface area contributed by atoms with Gasteiger partial charge in [0.1, 0.15) is 4.99 Å². The SMILES string of the molecule is CC1CN2CCCC2CN1c1cccc(Br)c1C(N)=S. The van der Waals surface area contributed by atoms with Crippen LogP contribution in [0.15, 0.2) is 22.7 Å². The van der Waals surface area contributed by atoms with Crippen LogP contribution in [0.25, 0.3) is 0 Å². The van der Waals surface area contributed by atoms with Crippen molar-refractivity contribution < 1.29 is 0 Å². The molecule has 0 saturated carbocycles. The van der Waals surface area contributed by atoms with Crippen molar-refractivity contribution >= 4 is 38.8 Å². The number of benzene rings is 1. The minimum absolute atomic E-state index is 0.466. The number of anilines is 1. The molecule has 20 heavy (non-hydrogen) atoms. The number of halogens is 1. The van der Waals surface area contributed by atoms with Crippen molar-refractivity contribution in [2.24, 2.45) is 5.73 Å².